The van der Waals surface area contributed by atoms with Crippen molar-refractivity contribution in [1.29, 1.82) is 0 Å². The smallest absolute Gasteiger partial charge is 0.300 e. The Bertz CT molecular complexity index is 1360. The lowest BCUT2D eigenvalue weighted by molar-refractivity contribution is -0.132. The summed E-state index contributed by atoms with van der Waals surface area (Å²) in [7, 11) is 2.97. The maximum atomic E-state index is 13.5. The van der Waals surface area contributed by atoms with E-state index in [4.69, 9.17) is 21.1 Å². The van der Waals surface area contributed by atoms with Gasteiger partial charge in [0.25, 0.3) is 11.7 Å². The zero-order chi connectivity index (χ0) is 25.4. The number of hydrogen-bond donors (Lipinski definition) is 1. The van der Waals surface area contributed by atoms with Gasteiger partial charge in [0.15, 0.2) is 0 Å². The van der Waals surface area contributed by atoms with Crippen LogP contribution < -0.4 is 14.4 Å². The summed E-state index contributed by atoms with van der Waals surface area (Å²) in [5.41, 5.74) is 4.01. The summed E-state index contributed by atoms with van der Waals surface area (Å²) in [5.74, 6) is -1.11. The van der Waals surface area contributed by atoms with Crippen LogP contribution in [0.1, 0.15) is 33.9 Å². The van der Waals surface area contributed by atoms with Crippen molar-refractivity contribution in [2.45, 2.75) is 26.8 Å². The summed E-state index contributed by atoms with van der Waals surface area (Å²) in [6.45, 7) is 5.66. The fourth-order valence-corrected chi connectivity index (χ4v) is 4.92. The number of rotatable bonds is 5. The first kappa shape index (κ1) is 24.4. The normalized spacial score (nSPS) is 17.1. The Morgan fingerprint density at radius 1 is 0.914 bits per heavy atom. The van der Waals surface area contributed by atoms with Gasteiger partial charge < -0.3 is 14.6 Å². The van der Waals surface area contributed by atoms with Crippen molar-refractivity contribution in [2.24, 2.45) is 0 Å². The second-order valence-electron chi connectivity index (χ2n) is 8.62. The Balaban J connectivity index is 2.04. The first-order valence-electron chi connectivity index (χ1n) is 11.0. The summed E-state index contributed by atoms with van der Waals surface area (Å²) in [6, 6.07) is 15.2. The van der Waals surface area contributed by atoms with Crippen LogP contribution in [0.2, 0.25) is 5.02 Å². The fourth-order valence-electron chi connectivity index (χ4n) is 4.57. The molecule has 3 aromatic carbocycles. The van der Waals surface area contributed by atoms with Crippen LogP contribution in [0.3, 0.4) is 0 Å². The number of ketones is 1. The van der Waals surface area contributed by atoms with Gasteiger partial charge in [-0.3, -0.25) is 14.5 Å². The lowest BCUT2D eigenvalue weighted by atomic mass is 9.94. The maximum Gasteiger partial charge on any atom is 0.300 e. The van der Waals surface area contributed by atoms with Gasteiger partial charge >= 0.3 is 0 Å². The highest BCUT2D eigenvalue weighted by Crippen LogP contribution is 2.45. The number of aliphatic hydroxyl groups is 1. The topological polar surface area (TPSA) is 76.1 Å². The van der Waals surface area contributed by atoms with E-state index in [9.17, 15) is 14.7 Å². The SMILES string of the molecule is COc1cccc(C2/C(=C(\O)c3cc(C)cc(Cl)c3OC)C(=O)C(=O)N2c2cc(C)cc(C)c2)c1. The minimum Gasteiger partial charge on any atom is -0.507 e. The molecule has 6 nitrogen and oxygen atoms in total. The second-order valence-corrected chi connectivity index (χ2v) is 9.03. The van der Waals surface area contributed by atoms with Crippen LogP contribution in [-0.2, 0) is 9.59 Å². The lowest BCUT2D eigenvalue weighted by Gasteiger charge is -2.26. The molecule has 1 atom stereocenters. The molecule has 0 bridgehead atoms. The van der Waals surface area contributed by atoms with Crippen molar-refractivity contribution in [3.63, 3.8) is 0 Å². The summed E-state index contributed by atoms with van der Waals surface area (Å²) in [5, 5.41) is 11.8. The van der Waals surface area contributed by atoms with E-state index in [1.54, 1.807) is 43.5 Å². The van der Waals surface area contributed by atoms with E-state index >= 15 is 0 Å². The average molecular weight is 492 g/mol. The van der Waals surface area contributed by atoms with Gasteiger partial charge in [-0.15, -0.1) is 0 Å². The first-order chi connectivity index (χ1) is 16.7. The quantitative estimate of drug-likeness (QED) is 0.273. The van der Waals surface area contributed by atoms with E-state index in [-0.39, 0.29) is 27.7 Å². The molecule has 7 heteroatoms. The van der Waals surface area contributed by atoms with Gasteiger partial charge in [-0.2, -0.15) is 0 Å². The molecule has 0 aromatic heterocycles. The first-order valence-corrected chi connectivity index (χ1v) is 11.4. The number of methoxy groups -OCH3 is 2. The van der Waals surface area contributed by atoms with E-state index in [1.165, 1.54) is 12.0 Å². The highest BCUT2D eigenvalue weighted by atomic mass is 35.5. The molecule has 1 aliphatic rings. The van der Waals surface area contributed by atoms with Crippen LogP contribution in [-0.4, -0.2) is 31.0 Å². The van der Waals surface area contributed by atoms with Gasteiger partial charge in [-0.1, -0.05) is 29.8 Å². The molecule has 1 unspecified atom stereocenters. The van der Waals surface area contributed by atoms with Crippen molar-refractivity contribution in [3.05, 3.63) is 93.0 Å². The molecule has 1 amide bonds. The number of aliphatic hydroxyl groups excluding tert-OH is 1. The predicted molar refractivity (Wildman–Crippen MR) is 136 cm³/mol. The van der Waals surface area contributed by atoms with E-state index in [2.05, 4.69) is 0 Å². The van der Waals surface area contributed by atoms with Crippen LogP contribution >= 0.6 is 11.6 Å². The molecule has 1 aliphatic heterocycles. The van der Waals surface area contributed by atoms with Gasteiger partial charge in [0, 0.05) is 5.69 Å². The molecular formula is C28H26ClNO5. The lowest BCUT2D eigenvalue weighted by Crippen LogP contribution is -2.29. The van der Waals surface area contributed by atoms with Crippen molar-refractivity contribution >= 4 is 34.7 Å². The van der Waals surface area contributed by atoms with Crippen molar-refractivity contribution < 1.29 is 24.2 Å². The third-order valence-electron chi connectivity index (χ3n) is 5.99. The van der Waals surface area contributed by atoms with Crippen molar-refractivity contribution in [1.82, 2.24) is 0 Å². The van der Waals surface area contributed by atoms with Crippen LogP contribution in [0.15, 0.2) is 60.2 Å². The third-order valence-corrected chi connectivity index (χ3v) is 6.27. The summed E-state index contributed by atoms with van der Waals surface area (Å²) < 4.78 is 10.8. The molecule has 0 aliphatic carbocycles. The molecule has 1 N–H and O–H groups in total. The number of carbonyl (C=O) groups excluding carboxylic acids is 2. The number of aryl methyl sites for hydroxylation is 3. The van der Waals surface area contributed by atoms with Crippen molar-refractivity contribution in [3.8, 4) is 11.5 Å². The average Bonchev–Trinajstić information content (AvgIpc) is 3.08. The summed E-state index contributed by atoms with van der Waals surface area (Å²) >= 11 is 6.37. The number of ether oxygens (including phenoxy) is 2. The highest BCUT2D eigenvalue weighted by molar-refractivity contribution is 6.51. The Labute approximate surface area is 209 Å². The Kier molecular flexibility index (Phi) is 6.59. The number of benzene rings is 3. The van der Waals surface area contributed by atoms with Crippen LogP contribution in [0.5, 0.6) is 11.5 Å². The largest absolute Gasteiger partial charge is 0.507 e. The zero-order valence-corrected chi connectivity index (χ0v) is 20.9. The highest BCUT2D eigenvalue weighted by Gasteiger charge is 2.47. The van der Waals surface area contributed by atoms with Crippen LogP contribution in [0, 0.1) is 20.8 Å². The number of nitrogens with zero attached hydrogens (tertiary/aromatic N) is 1. The Morgan fingerprint density at radius 3 is 2.20 bits per heavy atom. The Hall–Kier alpha value is -3.77. The monoisotopic (exact) mass is 491 g/mol. The van der Waals surface area contributed by atoms with Crippen molar-refractivity contribution in [2.75, 3.05) is 19.1 Å². The molecular weight excluding hydrogens is 466 g/mol. The maximum absolute atomic E-state index is 13.5. The minimum atomic E-state index is -0.893. The number of Topliss-reactive ketones (excluding diaryl/α,β-unsaturated/α-hetero) is 1. The summed E-state index contributed by atoms with van der Waals surface area (Å²) in [6.07, 6.45) is 0. The molecule has 0 radical (unpaired) electrons. The molecule has 1 fully saturated rings. The molecule has 4 rings (SSSR count). The standard InChI is InChI=1S/C28H26ClNO5/c1-15-9-16(2)11-19(10-15)30-24(18-7-6-8-20(14-18)34-4)23(26(32)28(30)33)25(31)21-12-17(3)13-22(29)27(21)35-5/h6-14,24,31H,1-5H3/b25-23+. The molecule has 1 heterocycles. The van der Waals surface area contributed by atoms with Gasteiger partial charge in [0.05, 0.1) is 36.4 Å². The number of amides is 1. The van der Waals surface area contributed by atoms with E-state index < -0.39 is 17.7 Å². The van der Waals surface area contributed by atoms with Gasteiger partial charge in [-0.25, -0.2) is 0 Å². The Morgan fingerprint density at radius 2 is 1.57 bits per heavy atom. The molecule has 3 aromatic rings. The van der Waals surface area contributed by atoms with Gasteiger partial charge in [-0.05, 0) is 79.4 Å². The molecule has 35 heavy (non-hydrogen) atoms. The number of halogens is 1. The number of anilines is 1. The van der Waals surface area contributed by atoms with Gasteiger partial charge in [0.1, 0.15) is 17.3 Å². The summed E-state index contributed by atoms with van der Waals surface area (Å²) in [4.78, 5) is 28.3. The zero-order valence-electron chi connectivity index (χ0n) is 20.2. The third kappa shape index (κ3) is 4.37. The fraction of sp³-hybridized carbons (Fsp3) is 0.214. The minimum absolute atomic E-state index is 0.0534. The number of hydrogen-bond acceptors (Lipinski definition) is 5. The van der Waals surface area contributed by atoms with Crippen LogP contribution in [0.25, 0.3) is 5.76 Å². The number of carbonyl (C=O) groups is 2. The van der Waals surface area contributed by atoms with Crippen LogP contribution in [0.4, 0.5) is 5.69 Å². The second kappa shape index (κ2) is 9.47. The van der Waals surface area contributed by atoms with E-state index in [1.807, 2.05) is 39.0 Å². The molecule has 0 saturated carbocycles. The molecule has 1 saturated heterocycles. The molecule has 0 spiro atoms. The van der Waals surface area contributed by atoms with E-state index in [0.717, 1.165) is 16.7 Å². The predicted octanol–water partition coefficient (Wildman–Crippen LogP) is 5.91. The van der Waals surface area contributed by atoms with Gasteiger partial charge in [0.2, 0.25) is 0 Å². The van der Waals surface area contributed by atoms with E-state index in [0.29, 0.717) is 17.0 Å². The molecule has 180 valence electrons.